The Kier molecular flexibility index (Phi) is 6.65. The van der Waals surface area contributed by atoms with E-state index in [-0.39, 0.29) is 13.2 Å². The molecule has 0 aromatic heterocycles. The first kappa shape index (κ1) is 18.1. The topological polar surface area (TPSA) is 85.9 Å². The van der Waals surface area contributed by atoms with Crippen molar-refractivity contribution in [3.63, 3.8) is 0 Å². The fourth-order valence-corrected chi connectivity index (χ4v) is 2.05. The van der Waals surface area contributed by atoms with E-state index in [1.54, 1.807) is 43.5 Å². The number of amides is 1. The number of para-hydroxylation sites is 2. The highest BCUT2D eigenvalue weighted by molar-refractivity contribution is 5.93. The maximum absolute atomic E-state index is 11.8. The lowest BCUT2D eigenvalue weighted by atomic mass is 10.3. The normalized spacial score (nSPS) is 9.84. The van der Waals surface area contributed by atoms with Crippen LogP contribution in [0.5, 0.6) is 11.5 Å². The standard InChI is InChI=1S/C18H20N2O5/c1-23-14-7-5-6-13(10-14)20-17(21)12-25-18(22)11-19-15-8-3-4-9-16(15)24-2/h3-10,19H,11-12H2,1-2H3,(H,20,21). The predicted octanol–water partition coefficient (Wildman–Crippen LogP) is 2.30. The fraction of sp³-hybridized carbons (Fsp3) is 0.222. The summed E-state index contributed by atoms with van der Waals surface area (Å²) in [7, 11) is 3.08. The van der Waals surface area contributed by atoms with Gasteiger partial charge in [0.15, 0.2) is 6.61 Å². The molecule has 0 spiro atoms. The Hall–Kier alpha value is -3.22. The van der Waals surface area contributed by atoms with E-state index in [9.17, 15) is 9.59 Å². The van der Waals surface area contributed by atoms with Crippen LogP contribution in [0, 0.1) is 0 Å². The van der Waals surface area contributed by atoms with Crippen LogP contribution in [-0.2, 0) is 14.3 Å². The summed E-state index contributed by atoms with van der Waals surface area (Å²) in [6.07, 6.45) is 0. The molecule has 7 heteroatoms. The number of methoxy groups -OCH3 is 2. The summed E-state index contributed by atoms with van der Waals surface area (Å²) >= 11 is 0. The molecule has 1 amide bonds. The maximum atomic E-state index is 11.8. The summed E-state index contributed by atoms with van der Waals surface area (Å²) in [5, 5.41) is 5.53. The number of anilines is 2. The number of carbonyl (C=O) groups excluding carboxylic acids is 2. The van der Waals surface area contributed by atoms with Crippen LogP contribution >= 0.6 is 0 Å². The maximum Gasteiger partial charge on any atom is 0.325 e. The molecule has 2 N–H and O–H groups in total. The van der Waals surface area contributed by atoms with Crippen molar-refractivity contribution < 1.29 is 23.8 Å². The van der Waals surface area contributed by atoms with Crippen molar-refractivity contribution >= 4 is 23.3 Å². The molecule has 7 nitrogen and oxygen atoms in total. The first-order valence-electron chi connectivity index (χ1n) is 7.59. The number of ether oxygens (including phenoxy) is 3. The minimum absolute atomic E-state index is 0.0766. The van der Waals surface area contributed by atoms with Gasteiger partial charge in [-0.1, -0.05) is 18.2 Å². The Morgan fingerprint density at radius 2 is 1.80 bits per heavy atom. The van der Waals surface area contributed by atoms with Crippen molar-refractivity contribution in [2.75, 3.05) is 38.0 Å². The van der Waals surface area contributed by atoms with Gasteiger partial charge >= 0.3 is 5.97 Å². The van der Waals surface area contributed by atoms with Crippen molar-refractivity contribution in [2.45, 2.75) is 0 Å². The average molecular weight is 344 g/mol. The van der Waals surface area contributed by atoms with Crippen LogP contribution in [0.2, 0.25) is 0 Å². The molecule has 2 rings (SSSR count). The van der Waals surface area contributed by atoms with Crippen molar-refractivity contribution in [3.8, 4) is 11.5 Å². The molecular formula is C18H20N2O5. The van der Waals surface area contributed by atoms with Crippen LogP contribution in [0.3, 0.4) is 0 Å². The molecule has 0 atom stereocenters. The molecular weight excluding hydrogens is 324 g/mol. The number of nitrogens with one attached hydrogen (secondary N) is 2. The lowest BCUT2D eigenvalue weighted by Crippen LogP contribution is -2.24. The third-order valence-electron chi connectivity index (χ3n) is 3.25. The first-order chi connectivity index (χ1) is 12.1. The fourth-order valence-electron chi connectivity index (χ4n) is 2.05. The van der Waals surface area contributed by atoms with Gasteiger partial charge in [-0.25, -0.2) is 0 Å². The number of hydrogen-bond donors (Lipinski definition) is 2. The van der Waals surface area contributed by atoms with E-state index >= 15 is 0 Å². The van der Waals surface area contributed by atoms with Crippen LogP contribution in [0.1, 0.15) is 0 Å². The zero-order valence-corrected chi connectivity index (χ0v) is 14.1. The molecule has 0 unspecified atom stereocenters. The van der Waals surface area contributed by atoms with Crippen molar-refractivity contribution in [2.24, 2.45) is 0 Å². The van der Waals surface area contributed by atoms with E-state index < -0.39 is 11.9 Å². The second kappa shape index (κ2) is 9.17. The zero-order chi connectivity index (χ0) is 18.1. The summed E-state index contributed by atoms with van der Waals surface area (Å²) in [6, 6.07) is 14.1. The molecule has 25 heavy (non-hydrogen) atoms. The van der Waals surface area contributed by atoms with Gasteiger partial charge in [0.1, 0.15) is 18.0 Å². The Balaban J connectivity index is 1.76. The average Bonchev–Trinajstić information content (AvgIpc) is 2.65. The minimum Gasteiger partial charge on any atom is -0.497 e. The van der Waals surface area contributed by atoms with Gasteiger partial charge in [-0.3, -0.25) is 9.59 Å². The van der Waals surface area contributed by atoms with E-state index in [2.05, 4.69) is 10.6 Å². The number of hydrogen-bond acceptors (Lipinski definition) is 6. The largest absolute Gasteiger partial charge is 0.497 e. The van der Waals surface area contributed by atoms with Gasteiger partial charge in [-0.2, -0.15) is 0 Å². The monoisotopic (exact) mass is 344 g/mol. The molecule has 2 aromatic carbocycles. The van der Waals surface area contributed by atoms with Gasteiger partial charge in [0.2, 0.25) is 0 Å². The SMILES string of the molecule is COc1cccc(NC(=O)COC(=O)CNc2ccccc2OC)c1. The number of esters is 1. The Labute approximate surface area is 145 Å². The molecule has 0 fully saturated rings. The first-order valence-corrected chi connectivity index (χ1v) is 7.59. The number of carbonyl (C=O) groups is 2. The van der Waals surface area contributed by atoms with Crippen LogP contribution in [-0.4, -0.2) is 39.2 Å². The summed E-state index contributed by atoms with van der Waals surface area (Å²) < 4.78 is 15.2. The smallest absolute Gasteiger partial charge is 0.325 e. The van der Waals surface area contributed by atoms with Gasteiger partial charge in [-0.05, 0) is 24.3 Å². The molecule has 0 saturated heterocycles. The highest BCUT2D eigenvalue weighted by atomic mass is 16.5. The summed E-state index contributed by atoms with van der Waals surface area (Å²) in [4.78, 5) is 23.6. The van der Waals surface area contributed by atoms with Gasteiger partial charge in [0, 0.05) is 11.8 Å². The second-order valence-corrected chi connectivity index (χ2v) is 4.99. The molecule has 0 radical (unpaired) electrons. The molecule has 0 aliphatic rings. The van der Waals surface area contributed by atoms with E-state index in [0.29, 0.717) is 22.9 Å². The third-order valence-corrected chi connectivity index (χ3v) is 3.25. The lowest BCUT2D eigenvalue weighted by Gasteiger charge is -2.11. The summed E-state index contributed by atoms with van der Waals surface area (Å²) in [5.74, 6) is 0.257. The molecule has 132 valence electrons. The van der Waals surface area contributed by atoms with Crippen molar-refractivity contribution in [1.82, 2.24) is 0 Å². The number of rotatable bonds is 8. The second-order valence-electron chi connectivity index (χ2n) is 4.99. The molecule has 0 saturated carbocycles. The predicted molar refractivity (Wildman–Crippen MR) is 94.1 cm³/mol. The van der Waals surface area contributed by atoms with Gasteiger partial charge in [0.25, 0.3) is 5.91 Å². The van der Waals surface area contributed by atoms with E-state index in [0.717, 1.165) is 0 Å². The highest BCUT2D eigenvalue weighted by Crippen LogP contribution is 2.22. The molecule has 0 aliphatic carbocycles. The quantitative estimate of drug-likeness (QED) is 0.715. The van der Waals surface area contributed by atoms with E-state index in [1.165, 1.54) is 7.11 Å². The van der Waals surface area contributed by atoms with Crippen LogP contribution in [0.15, 0.2) is 48.5 Å². The van der Waals surface area contributed by atoms with E-state index in [1.807, 2.05) is 12.1 Å². The van der Waals surface area contributed by atoms with Crippen LogP contribution in [0.4, 0.5) is 11.4 Å². The van der Waals surface area contributed by atoms with Crippen molar-refractivity contribution in [3.05, 3.63) is 48.5 Å². The summed E-state index contributed by atoms with van der Waals surface area (Å²) in [6.45, 7) is -0.448. The molecule has 2 aromatic rings. The molecule has 0 aliphatic heterocycles. The van der Waals surface area contributed by atoms with Crippen LogP contribution < -0.4 is 20.1 Å². The Morgan fingerprint density at radius 3 is 2.56 bits per heavy atom. The Bertz CT molecular complexity index is 733. The molecule has 0 bridgehead atoms. The minimum atomic E-state index is -0.549. The third kappa shape index (κ3) is 5.72. The lowest BCUT2D eigenvalue weighted by molar-refractivity contribution is -0.145. The van der Waals surface area contributed by atoms with Crippen molar-refractivity contribution in [1.29, 1.82) is 0 Å². The van der Waals surface area contributed by atoms with Gasteiger partial charge in [-0.15, -0.1) is 0 Å². The van der Waals surface area contributed by atoms with Gasteiger partial charge in [0.05, 0.1) is 19.9 Å². The van der Waals surface area contributed by atoms with Gasteiger partial charge < -0.3 is 24.8 Å². The Morgan fingerprint density at radius 1 is 1.00 bits per heavy atom. The number of benzene rings is 2. The zero-order valence-electron chi connectivity index (χ0n) is 14.1. The highest BCUT2D eigenvalue weighted by Gasteiger charge is 2.09. The van der Waals surface area contributed by atoms with E-state index in [4.69, 9.17) is 14.2 Å². The van der Waals surface area contributed by atoms with Crippen LogP contribution in [0.25, 0.3) is 0 Å². The summed E-state index contributed by atoms with van der Waals surface area (Å²) in [5.41, 5.74) is 1.23. The molecule has 0 heterocycles.